The van der Waals surface area contributed by atoms with Crippen molar-refractivity contribution in [2.24, 2.45) is 7.05 Å². The Morgan fingerprint density at radius 2 is 2.10 bits per heavy atom. The summed E-state index contributed by atoms with van der Waals surface area (Å²) in [7, 11) is 1.86. The van der Waals surface area contributed by atoms with Crippen molar-refractivity contribution in [2.45, 2.75) is 6.92 Å². The standard InChI is InChI=1S/C15H14N6/c1-8-6-17-11-4-3-9(5-10(8)11)13-12-14(16)18-7-19-15(12)21(2)20-13/h3-7,17H,1-2H3,(H2,16,18,19). The van der Waals surface area contributed by atoms with Crippen LogP contribution in [0.3, 0.4) is 0 Å². The van der Waals surface area contributed by atoms with Gasteiger partial charge >= 0.3 is 0 Å². The minimum atomic E-state index is 0.453. The Kier molecular flexibility index (Phi) is 2.29. The molecule has 0 saturated heterocycles. The first-order chi connectivity index (χ1) is 10.1. The van der Waals surface area contributed by atoms with Crippen molar-refractivity contribution < 1.29 is 0 Å². The normalized spacial score (nSPS) is 11.5. The van der Waals surface area contributed by atoms with Crippen LogP contribution in [0.15, 0.2) is 30.7 Å². The Labute approximate surface area is 120 Å². The van der Waals surface area contributed by atoms with E-state index in [9.17, 15) is 0 Å². The zero-order valence-electron chi connectivity index (χ0n) is 11.8. The van der Waals surface area contributed by atoms with E-state index in [2.05, 4.69) is 39.1 Å². The van der Waals surface area contributed by atoms with Gasteiger partial charge < -0.3 is 10.7 Å². The van der Waals surface area contributed by atoms with Crippen molar-refractivity contribution in [2.75, 3.05) is 5.73 Å². The van der Waals surface area contributed by atoms with Gasteiger partial charge in [-0.3, -0.25) is 0 Å². The first kappa shape index (κ1) is 11.9. The van der Waals surface area contributed by atoms with Crippen molar-refractivity contribution in [3.05, 3.63) is 36.3 Å². The zero-order valence-corrected chi connectivity index (χ0v) is 11.8. The van der Waals surface area contributed by atoms with E-state index in [-0.39, 0.29) is 0 Å². The number of hydrogen-bond donors (Lipinski definition) is 2. The summed E-state index contributed by atoms with van der Waals surface area (Å²) in [6.07, 6.45) is 3.46. The highest BCUT2D eigenvalue weighted by Crippen LogP contribution is 2.31. The van der Waals surface area contributed by atoms with Crippen LogP contribution in [-0.2, 0) is 7.05 Å². The summed E-state index contributed by atoms with van der Waals surface area (Å²) in [5.41, 5.74) is 10.9. The summed E-state index contributed by atoms with van der Waals surface area (Å²) < 4.78 is 1.73. The molecule has 3 heterocycles. The van der Waals surface area contributed by atoms with Gasteiger partial charge in [0.1, 0.15) is 17.8 Å². The molecule has 0 aliphatic rings. The maximum Gasteiger partial charge on any atom is 0.163 e. The number of benzene rings is 1. The van der Waals surface area contributed by atoms with Crippen molar-refractivity contribution in [3.8, 4) is 11.3 Å². The second kappa shape index (κ2) is 4.05. The highest BCUT2D eigenvalue weighted by Gasteiger charge is 2.15. The summed E-state index contributed by atoms with van der Waals surface area (Å²) in [6, 6.07) is 6.21. The van der Waals surface area contributed by atoms with Gasteiger partial charge in [0.15, 0.2) is 5.65 Å². The molecule has 6 nitrogen and oxygen atoms in total. The third-order valence-electron chi connectivity index (χ3n) is 3.81. The summed E-state index contributed by atoms with van der Waals surface area (Å²) >= 11 is 0. The molecule has 4 rings (SSSR count). The fraction of sp³-hybridized carbons (Fsp3) is 0.133. The number of nitrogen functional groups attached to an aromatic ring is 1. The summed E-state index contributed by atoms with van der Waals surface area (Å²) in [5.74, 6) is 0.453. The van der Waals surface area contributed by atoms with Crippen molar-refractivity contribution in [1.82, 2.24) is 24.7 Å². The monoisotopic (exact) mass is 278 g/mol. The number of aryl methyl sites for hydroxylation is 2. The molecule has 0 aliphatic heterocycles. The van der Waals surface area contributed by atoms with Crippen LogP contribution in [0.5, 0.6) is 0 Å². The molecule has 0 aliphatic carbocycles. The number of aromatic amines is 1. The Morgan fingerprint density at radius 1 is 1.24 bits per heavy atom. The van der Waals surface area contributed by atoms with Gasteiger partial charge in [0.05, 0.1) is 5.39 Å². The smallest absolute Gasteiger partial charge is 0.163 e. The number of nitrogens with one attached hydrogen (secondary N) is 1. The molecule has 21 heavy (non-hydrogen) atoms. The van der Waals surface area contributed by atoms with E-state index in [4.69, 9.17) is 5.73 Å². The van der Waals surface area contributed by atoms with Crippen LogP contribution < -0.4 is 5.73 Å². The third kappa shape index (κ3) is 1.62. The van der Waals surface area contributed by atoms with Gasteiger partial charge in [0.2, 0.25) is 0 Å². The van der Waals surface area contributed by atoms with Gasteiger partial charge in [0.25, 0.3) is 0 Å². The lowest BCUT2D eigenvalue weighted by Crippen LogP contribution is -1.95. The minimum Gasteiger partial charge on any atom is -0.383 e. The number of fused-ring (bicyclic) bond motifs is 2. The topological polar surface area (TPSA) is 85.4 Å². The van der Waals surface area contributed by atoms with Gasteiger partial charge in [-0.2, -0.15) is 5.10 Å². The lowest BCUT2D eigenvalue weighted by Gasteiger charge is -2.01. The fourth-order valence-electron chi connectivity index (χ4n) is 2.72. The predicted molar refractivity (Wildman–Crippen MR) is 82.7 cm³/mol. The van der Waals surface area contributed by atoms with Gasteiger partial charge in [-0.15, -0.1) is 0 Å². The predicted octanol–water partition coefficient (Wildman–Crippen LogP) is 2.40. The fourth-order valence-corrected chi connectivity index (χ4v) is 2.72. The average Bonchev–Trinajstić information content (AvgIpc) is 3.02. The number of anilines is 1. The number of aromatic nitrogens is 5. The number of H-pyrrole nitrogens is 1. The van der Waals surface area contributed by atoms with E-state index in [0.29, 0.717) is 5.82 Å². The molecule has 0 fully saturated rings. The van der Waals surface area contributed by atoms with Gasteiger partial charge in [0, 0.05) is 29.7 Å². The molecule has 0 amide bonds. The van der Waals surface area contributed by atoms with Gasteiger partial charge in [-0.1, -0.05) is 6.07 Å². The molecular weight excluding hydrogens is 264 g/mol. The maximum atomic E-state index is 6.02. The molecule has 0 bridgehead atoms. The Morgan fingerprint density at radius 3 is 2.95 bits per heavy atom. The Bertz CT molecular complexity index is 979. The van der Waals surface area contributed by atoms with Gasteiger partial charge in [-0.25, -0.2) is 14.6 Å². The number of nitrogens with zero attached hydrogens (tertiary/aromatic N) is 4. The lowest BCUT2D eigenvalue weighted by molar-refractivity contribution is 0.789. The molecule has 3 aromatic heterocycles. The second-order valence-electron chi connectivity index (χ2n) is 5.16. The molecule has 0 saturated carbocycles. The van der Waals surface area contributed by atoms with E-state index in [1.54, 1.807) is 4.68 Å². The molecule has 0 spiro atoms. The molecule has 104 valence electrons. The number of hydrogen-bond acceptors (Lipinski definition) is 4. The van der Waals surface area contributed by atoms with Crippen LogP contribution in [0.25, 0.3) is 33.2 Å². The first-order valence-electron chi connectivity index (χ1n) is 6.66. The highest BCUT2D eigenvalue weighted by molar-refractivity contribution is 6.00. The maximum absolute atomic E-state index is 6.02. The van der Waals surface area contributed by atoms with E-state index in [1.165, 1.54) is 17.3 Å². The minimum absolute atomic E-state index is 0.453. The quantitative estimate of drug-likeness (QED) is 0.560. The van der Waals surface area contributed by atoms with Crippen LogP contribution in [0.2, 0.25) is 0 Å². The molecule has 0 radical (unpaired) electrons. The SMILES string of the molecule is Cc1c[nH]c2ccc(-c3nn(C)c4ncnc(N)c34)cc12. The highest BCUT2D eigenvalue weighted by atomic mass is 15.3. The summed E-state index contributed by atoms with van der Waals surface area (Å²) in [5, 5.41) is 6.55. The molecule has 0 unspecified atom stereocenters. The molecule has 4 aromatic rings. The molecular formula is C15H14N6. The zero-order chi connectivity index (χ0) is 14.6. The van der Waals surface area contributed by atoms with Gasteiger partial charge in [-0.05, 0) is 24.6 Å². The Balaban J connectivity index is 2.06. The number of rotatable bonds is 1. The van der Waals surface area contributed by atoms with E-state index < -0.39 is 0 Å². The third-order valence-corrected chi connectivity index (χ3v) is 3.81. The van der Waals surface area contributed by atoms with Crippen LogP contribution in [0.4, 0.5) is 5.82 Å². The van der Waals surface area contributed by atoms with Crippen molar-refractivity contribution >= 4 is 27.8 Å². The van der Waals surface area contributed by atoms with Crippen LogP contribution >= 0.6 is 0 Å². The van der Waals surface area contributed by atoms with E-state index in [0.717, 1.165) is 27.8 Å². The van der Waals surface area contributed by atoms with Crippen molar-refractivity contribution in [1.29, 1.82) is 0 Å². The Hall–Kier alpha value is -2.89. The molecule has 0 atom stereocenters. The molecule has 1 aromatic carbocycles. The first-order valence-corrected chi connectivity index (χ1v) is 6.66. The van der Waals surface area contributed by atoms with Crippen LogP contribution in [0.1, 0.15) is 5.56 Å². The molecule has 6 heteroatoms. The summed E-state index contributed by atoms with van der Waals surface area (Å²) in [6.45, 7) is 2.08. The van der Waals surface area contributed by atoms with E-state index in [1.807, 2.05) is 19.3 Å². The molecule has 3 N–H and O–H groups in total. The van der Waals surface area contributed by atoms with E-state index >= 15 is 0 Å². The summed E-state index contributed by atoms with van der Waals surface area (Å²) in [4.78, 5) is 11.6. The lowest BCUT2D eigenvalue weighted by atomic mass is 10.1. The van der Waals surface area contributed by atoms with Crippen LogP contribution in [-0.4, -0.2) is 24.7 Å². The largest absolute Gasteiger partial charge is 0.383 e. The average molecular weight is 278 g/mol. The van der Waals surface area contributed by atoms with Crippen LogP contribution in [0, 0.1) is 6.92 Å². The number of nitrogens with two attached hydrogens (primary N) is 1. The second-order valence-corrected chi connectivity index (χ2v) is 5.16. The van der Waals surface area contributed by atoms with Crippen molar-refractivity contribution in [3.63, 3.8) is 0 Å².